The summed E-state index contributed by atoms with van der Waals surface area (Å²) >= 11 is 0. The van der Waals surface area contributed by atoms with E-state index in [0.717, 1.165) is 52.4 Å². The number of aliphatic hydroxyl groups excluding tert-OH is 1. The van der Waals surface area contributed by atoms with Crippen molar-refractivity contribution in [2.45, 2.75) is 6.92 Å². The number of hydrogen-bond donors (Lipinski definition) is 2. The van der Waals surface area contributed by atoms with E-state index in [4.69, 9.17) is 5.11 Å². The Hall–Kier alpha value is -0.160. The molecule has 14 heavy (non-hydrogen) atoms. The van der Waals surface area contributed by atoms with Gasteiger partial charge in [0, 0.05) is 45.8 Å². The number of aliphatic hydroxyl groups is 1. The van der Waals surface area contributed by atoms with Gasteiger partial charge in [-0.1, -0.05) is 6.92 Å². The van der Waals surface area contributed by atoms with Crippen molar-refractivity contribution >= 4 is 0 Å². The van der Waals surface area contributed by atoms with E-state index in [1.54, 1.807) is 0 Å². The van der Waals surface area contributed by atoms with E-state index in [0.29, 0.717) is 0 Å². The molecule has 0 aromatic heterocycles. The lowest BCUT2D eigenvalue weighted by Gasteiger charge is -2.34. The van der Waals surface area contributed by atoms with E-state index in [2.05, 4.69) is 22.0 Å². The third-order valence-corrected chi connectivity index (χ3v) is 2.74. The van der Waals surface area contributed by atoms with E-state index in [9.17, 15) is 0 Å². The van der Waals surface area contributed by atoms with Crippen molar-refractivity contribution in [1.82, 2.24) is 15.1 Å². The number of nitrogens with zero attached hydrogens (tertiary/aromatic N) is 2. The minimum Gasteiger partial charge on any atom is -0.395 e. The summed E-state index contributed by atoms with van der Waals surface area (Å²) in [7, 11) is 0. The summed E-state index contributed by atoms with van der Waals surface area (Å²) in [6.07, 6.45) is 0. The van der Waals surface area contributed by atoms with Crippen LogP contribution in [0.5, 0.6) is 0 Å². The Labute approximate surface area is 86.9 Å². The molecule has 0 atom stereocenters. The number of likely N-dealkylation sites (N-methyl/N-ethyl adjacent to an activating group) is 1. The molecule has 1 aliphatic heterocycles. The summed E-state index contributed by atoms with van der Waals surface area (Å²) in [6.45, 7) is 11.1. The van der Waals surface area contributed by atoms with Crippen molar-refractivity contribution in [2.75, 3.05) is 59.0 Å². The Balaban J connectivity index is 2.03. The fraction of sp³-hybridized carbons (Fsp3) is 1.00. The van der Waals surface area contributed by atoms with Crippen LogP contribution in [0.3, 0.4) is 0 Å². The van der Waals surface area contributed by atoms with Crippen LogP contribution in [0.2, 0.25) is 0 Å². The van der Waals surface area contributed by atoms with Crippen molar-refractivity contribution in [3.05, 3.63) is 0 Å². The first-order chi connectivity index (χ1) is 6.86. The van der Waals surface area contributed by atoms with Crippen LogP contribution in [-0.4, -0.2) is 73.9 Å². The van der Waals surface area contributed by atoms with Gasteiger partial charge >= 0.3 is 0 Å². The van der Waals surface area contributed by atoms with Gasteiger partial charge in [-0.3, -0.25) is 9.80 Å². The highest BCUT2D eigenvalue weighted by molar-refractivity contribution is 4.71. The topological polar surface area (TPSA) is 38.7 Å². The molecule has 1 fully saturated rings. The monoisotopic (exact) mass is 201 g/mol. The van der Waals surface area contributed by atoms with Gasteiger partial charge in [-0.25, -0.2) is 0 Å². The Morgan fingerprint density at radius 3 is 2.14 bits per heavy atom. The molecular formula is C10H23N3O. The SMILES string of the molecule is CCNCCN1CCN(CCO)CC1. The lowest BCUT2D eigenvalue weighted by Crippen LogP contribution is -2.48. The van der Waals surface area contributed by atoms with E-state index >= 15 is 0 Å². The second-order valence-electron chi connectivity index (χ2n) is 3.76. The maximum atomic E-state index is 8.79. The molecule has 0 radical (unpaired) electrons. The molecule has 4 nitrogen and oxygen atoms in total. The van der Waals surface area contributed by atoms with Crippen molar-refractivity contribution in [3.8, 4) is 0 Å². The number of β-amino-alcohol motifs (C(OH)–C–C–N with tert-alkyl or cyclic N) is 1. The predicted molar refractivity (Wildman–Crippen MR) is 58.5 cm³/mol. The average molecular weight is 201 g/mol. The minimum absolute atomic E-state index is 0.289. The Morgan fingerprint density at radius 1 is 1.07 bits per heavy atom. The molecule has 0 aromatic rings. The van der Waals surface area contributed by atoms with Crippen LogP contribution < -0.4 is 5.32 Å². The van der Waals surface area contributed by atoms with E-state index in [1.165, 1.54) is 0 Å². The maximum Gasteiger partial charge on any atom is 0.0558 e. The third kappa shape index (κ3) is 4.37. The largest absolute Gasteiger partial charge is 0.395 e. The molecule has 1 heterocycles. The van der Waals surface area contributed by atoms with Crippen LogP contribution in [0.25, 0.3) is 0 Å². The van der Waals surface area contributed by atoms with E-state index in [1.807, 2.05) is 0 Å². The highest BCUT2D eigenvalue weighted by atomic mass is 16.3. The molecule has 2 N–H and O–H groups in total. The van der Waals surface area contributed by atoms with E-state index < -0.39 is 0 Å². The molecular weight excluding hydrogens is 178 g/mol. The molecule has 1 aliphatic rings. The van der Waals surface area contributed by atoms with Crippen molar-refractivity contribution in [3.63, 3.8) is 0 Å². The van der Waals surface area contributed by atoms with Crippen LogP contribution in [0.15, 0.2) is 0 Å². The lowest BCUT2D eigenvalue weighted by molar-refractivity contribution is 0.113. The molecule has 0 saturated carbocycles. The summed E-state index contributed by atoms with van der Waals surface area (Å²) in [6, 6.07) is 0. The lowest BCUT2D eigenvalue weighted by atomic mass is 10.3. The fourth-order valence-corrected chi connectivity index (χ4v) is 1.79. The van der Waals surface area contributed by atoms with Gasteiger partial charge in [-0.2, -0.15) is 0 Å². The minimum atomic E-state index is 0.289. The first kappa shape index (κ1) is 11.9. The third-order valence-electron chi connectivity index (χ3n) is 2.74. The van der Waals surface area contributed by atoms with Gasteiger partial charge in [0.1, 0.15) is 0 Å². The average Bonchev–Trinajstić information content (AvgIpc) is 2.21. The van der Waals surface area contributed by atoms with Gasteiger partial charge in [0.2, 0.25) is 0 Å². The molecule has 0 aromatic carbocycles. The molecule has 4 heteroatoms. The van der Waals surface area contributed by atoms with Crippen molar-refractivity contribution < 1.29 is 5.11 Å². The summed E-state index contributed by atoms with van der Waals surface area (Å²) < 4.78 is 0. The Morgan fingerprint density at radius 2 is 1.64 bits per heavy atom. The zero-order valence-electron chi connectivity index (χ0n) is 9.21. The summed E-state index contributed by atoms with van der Waals surface area (Å²) in [5.74, 6) is 0. The molecule has 1 saturated heterocycles. The van der Waals surface area contributed by atoms with Crippen LogP contribution in [0, 0.1) is 0 Å². The second kappa shape index (κ2) is 7.17. The summed E-state index contributed by atoms with van der Waals surface area (Å²) in [4.78, 5) is 4.81. The number of nitrogens with one attached hydrogen (secondary N) is 1. The summed E-state index contributed by atoms with van der Waals surface area (Å²) in [5, 5.41) is 12.1. The highest BCUT2D eigenvalue weighted by Crippen LogP contribution is 1.99. The smallest absolute Gasteiger partial charge is 0.0558 e. The molecule has 1 rings (SSSR count). The normalized spacial score (nSPS) is 20.1. The van der Waals surface area contributed by atoms with Gasteiger partial charge in [-0.05, 0) is 6.54 Å². The number of hydrogen-bond acceptors (Lipinski definition) is 4. The van der Waals surface area contributed by atoms with E-state index in [-0.39, 0.29) is 6.61 Å². The standard InChI is InChI=1S/C10H23N3O/c1-2-11-3-4-12-5-7-13(8-6-12)9-10-14/h11,14H,2-10H2,1H3. The first-order valence-electron chi connectivity index (χ1n) is 5.63. The molecule has 0 aliphatic carbocycles. The molecule has 0 spiro atoms. The zero-order chi connectivity index (χ0) is 10.2. The first-order valence-corrected chi connectivity index (χ1v) is 5.63. The fourth-order valence-electron chi connectivity index (χ4n) is 1.79. The Bertz CT molecular complexity index is 135. The highest BCUT2D eigenvalue weighted by Gasteiger charge is 2.15. The molecule has 0 unspecified atom stereocenters. The van der Waals surface area contributed by atoms with Crippen LogP contribution >= 0.6 is 0 Å². The van der Waals surface area contributed by atoms with Gasteiger partial charge in [-0.15, -0.1) is 0 Å². The van der Waals surface area contributed by atoms with Crippen LogP contribution in [-0.2, 0) is 0 Å². The summed E-state index contributed by atoms with van der Waals surface area (Å²) in [5.41, 5.74) is 0. The van der Waals surface area contributed by atoms with Crippen LogP contribution in [0.4, 0.5) is 0 Å². The Kier molecular flexibility index (Phi) is 6.10. The number of piperazine rings is 1. The molecule has 0 bridgehead atoms. The number of rotatable bonds is 6. The zero-order valence-corrected chi connectivity index (χ0v) is 9.21. The van der Waals surface area contributed by atoms with Gasteiger partial charge < -0.3 is 10.4 Å². The predicted octanol–water partition coefficient (Wildman–Crippen LogP) is -0.794. The van der Waals surface area contributed by atoms with Crippen LogP contribution in [0.1, 0.15) is 6.92 Å². The molecule has 84 valence electrons. The molecule has 0 amide bonds. The second-order valence-corrected chi connectivity index (χ2v) is 3.76. The van der Waals surface area contributed by atoms with Gasteiger partial charge in [0.25, 0.3) is 0 Å². The van der Waals surface area contributed by atoms with Crippen molar-refractivity contribution in [1.29, 1.82) is 0 Å². The maximum absolute atomic E-state index is 8.79. The van der Waals surface area contributed by atoms with Gasteiger partial charge in [0.15, 0.2) is 0 Å². The van der Waals surface area contributed by atoms with Crippen molar-refractivity contribution in [2.24, 2.45) is 0 Å². The quantitative estimate of drug-likeness (QED) is 0.552. The van der Waals surface area contributed by atoms with Gasteiger partial charge in [0.05, 0.1) is 6.61 Å².